The van der Waals surface area contributed by atoms with E-state index in [1.807, 2.05) is 80.6 Å². The second kappa shape index (κ2) is 9.76. The maximum Gasteiger partial charge on any atom is 0.229 e. The molecule has 1 N–H and O–H groups in total. The predicted octanol–water partition coefficient (Wildman–Crippen LogP) is 8.37. The number of aldehydes is 1. The Balaban J connectivity index is 1.78. The number of aromatic nitrogens is 2. The van der Waals surface area contributed by atoms with Crippen molar-refractivity contribution in [3.8, 4) is 22.4 Å². The summed E-state index contributed by atoms with van der Waals surface area (Å²) in [5.41, 5.74) is 4.68. The van der Waals surface area contributed by atoms with Crippen molar-refractivity contribution in [2.24, 2.45) is 5.41 Å². The summed E-state index contributed by atoms with van der Waals surface area (Å²) in [5.74, 6) is 0.636. The number of anilines is 2. The molecule has 0 aliphatic carbocycles. The summed E-state index contributed by atoms with van der Waals surface area (Å²) in [6.45, 7) is 3.76. The normalized spacial score (nSPS) is 11.6. The number of hydrogen-bond donors (Lipinski definition) is 1. The van der Waals surface area contributed by atoms with Crippen LogP contribution in [0.25, 0.3) is 33.5 Å². The van der Waals surface area contributed by atoms with Crippen LogP contribution in [0, 0.1) is 5.41 Å². The van der Waals surface area contributed by atoms with Gasteiger partial charge in [0.1, 0.15) is 12.0 Å². The number of rotatable bonds is 7. The van der Waals surface area contributed by atoms with Crippen LogP contribution in [0.1, 0.15) is 19.6 Å². The van der Waals surface area contributed by atoms with Gasteiger partial charge in [-0.2, -0.15) is 0 Å². The zero-order valence-electron chi connectivity index (χ0n) is 19.8. The largest absolute Gasteiger partial charge is 0.440 e. The maximum atomic E-state index is 11.7. The zero-order chi connectivity index (χ0) is 25.3. The Morgan fingerprint density at radius 2 is 1.78 bits per heavy atom. The number of carbonyl (C=O) groups is 1. The molecule has 0 aliphatic rings. The van der Waals surface area contributed by atoms with Crippen molar-refractivity contribution in [3.63, 3.8) is 0 Å². The van der Waals surface area contributed by atoms with Crippen LogP contribution in [0.15, 0.2) is 83.5 Å². The van der Waals surface area contributed by atoms with Crippen LogP contribution in [0.4, 0.5) is 11.4 Å². The smallest absolute Gasteiger partial charge is 0.229 e. The molecule has 36 heavy (non-hydrogen) atoms. The standard InChI is InChI=1S/C29H23Cl2N3O2/c1-29(2,17-35)15-25-27(33-20-6-5-13-32-16-20)23-14-22(18-9-11-19(30)12-10-18)26(34-28(23)36-25)21-7-3-4-8-24(21)31/h3-14,16-17,33H,15H2,1-2H3. The van der Waals surface area contributed by atoms with E-state index in [1.165, 1.54) is 0 Å². The predicted molar refractivity (Wildman–Crippen MR) is 146 cm³/mol. The average molecular weight is 516 g/mol. The SMILES string of the molecule is CC(C)(C=O)Cc1oc2nc(-c3ccccc3Cl)c(-c3ccc(Cl)cc3)cc2c1Nc1cccnc1. The van der Waals surface area contributed by atoms with Crippen molar-refractivity contribution in [3.05, 3.63) is 94.9 Å². The number of furan rings is 1. The van der Waals surface area contributed by atoms with Gasteiger partial charge in [0.25, 0.3) is 0 Å². The summed E-state index contributed by atoms with van der Waals surface area (Å²) in [4.78, 5) is 20.9. The summed E-state index contributed by atoms with van der Waals surface area (Å²) in [7, 11) is 0. The quantitative estimate of drug-likeness (QED) is 0.220. The van der Waals surface area contributed by atoms with Crippen LogP contribution in [0.2, 0.25) is 10.0 Å². The van der Waals surface area contributed by atoms with E-state index in [-0.39, 0.29) is 0 Å². The molecule has 5 nitrogen and oxygen atoms in total. The molecule has 3 aromatic heterocycles. The molecular weight excluding hydrogens is 493 g/mol. The number of halogens is 2. The fraction of sp³-hybridized carbons (Fsp3) is 0.138. The van der Waals surface area contributed by atoms with Gasteiger partial charge >= 0.3 is 0 Å². The Labute approximate surface area is 219 Å². The highest BCUT2D eigenvalue weighted by Crippen LogP contribution is 2.42. The van der Waals surface area contributed by atoms with Gasteiger partial charge in [-0.15, -0.1) is 0 Å². The van der Waals surface area contributed by atoms with Gasteiger partial charge in [-0.3, -0.25) is 4.98 Å². The number of carbonyl (C=O) groups excluding carboxylic acids is 1. The van der Waals surface area contributed by atoms with Gasteiger partial charge in [0.15, 0.2) is 0 Å². The molecule has 0 saturated heterocycles. The molecule has 7 heteroatoms. The molecule has 0 atom stereocenters. The minimum atomic E-state index is -0.621. The third kappa shape index (κ3) is 4.85. The molecule has 0 radical (unpaired) electrons. The topological polar surface area (TPSA) is 68.0 Å². The van der Waals surface area contributed by atoms with Crippen LogP contribution < -0.4 is 5.32 Å². The Hall–Kier alpha value is -3.67. The van der Waals surface area contributed by atoms with E-state index in [2.05, 4.69) is 10.3 Å². The molecule has 0 fully saturated rings. The summed E-state index contributed by atoms with van der Waals surface area (Å²) >= 11 is 12.8. The van der Waals surface area contributed by atoms with Gasteiger partial charge in [0, 0.05) is 39.2 Å². The Kier molecular flexibility index (Phi) is 6.52. The van der Waals surface area contributed by atoms with E-state index in [4.69, 9.17) is 32.6 Å². The van der Waals surface area contributed by atoms with Crippen LogP contribution in [-0.4, -0.2) is 16.3 Å². The van der Waals surface area contributed by atoms with Crippen LogP contribution in [0.3, 0.4) is 0 Å². The molecule has 0 bridgehead atoms. The number of fused-ring (bicyclic) bond motifs is 1. The van der Waals surface area contributed by atoms with Crippen molar-refractivity contribution in [1.82, 2.24) is 9.97 Å². The third-order valence-electron chi connectivity index (χ3n) is 5.91. The van der Waals surface area contributed by atoms with Crippen LogP contribution in [0.5, 0.6) is 0 Å². The lowest BCUT2D eigenvalue weighted by atomic mass is 9.89. The fourth-order valence-corrected chi connectivity index (χ4v) is 4.43. The van der Waals surface area contributed by atoms with Gasteiger partial charge in [0.2, 0.25) is 5.71 Å². The van der Waals surface area contributed by atoms with Crippen molar-refractivity contribution in [2.75, 3.05) is 5.32 Å². The first-order valence-corrected chi connectivity index (χ1v) is 12.2. The maximum absolute atomic E-state index is 11.7. The Morgan fingerprint density at radius 1 is 1.00 bits per heavy atom. The molecule has 3 heterocycles. The molecule has 0 spiro atoms. The molecule has 5 aromatic rings. The molecule has 180 valence electrons. The van der Waals surface area contributed by atoms with Crippen molar-refractivity contribution >= 4 is 52.0 Å². The molecule has 0 aliphatic heterocycles. The molecule has 0 amide bonds. The highest BCUT2D eigenvalue weighted by Gasteiger charge is 2.26. The summed E-state index contributed by atoms with van der Waals surface area (Å²) in [6, 6.07) is 21.0. The fourth-order valence-electron chi connectivity index (χ4n) is 4.08. The first-order valence-electron chi connectivity index (χ1n) is 11.5. The van der Waals surface area contributed by atoms with Crippen molar-refractivity contribution in [1.29, 1.82) is 0 Å². The lowest BCUT2D eigenvalue weighted by Gasteiger charge is -2.16. The summed E-state index contributed by atoms with van der Waals surface area (Å²) < 4.78 is 6.30. The van der Waals surface area contributed by atoms with Crippen LogP contribution in [-0.2, 0) is 11.2 Å². The number of nitrogens with one attached hydrogen (secondary N) is 1. The molecule has 0 saturated carbocycles. The lowest BCUT2D eigenvalue weighted by Crippen LogP contribution is -2.16. The van der Waals surface area contributed by atoms with E-state index >= 15 is 0 Å². The number of pyridine rings is 2. The first kappa shape index (κ1) is 24.0. The van der Waals surface area contributed by atoms with E-state index in [1.54, 1.807) is 12.4 Å². The van der Waals surface area contributed by atoms with Gasteiger partial charge in [-0.1, -0.05) is 67.4 Å². The van der Waals surface area contributed by atoms with Crippen molar-refractivity contribution in [2.45, 2.75) is 20.3 Å². The highest BCUT2D eigenvalue weighted by atomic mass is 35.5. The molecule has 5 rings (SSSR count). The van der Waals surface area contributed by atoms with E-state index in [9.17, 15) is 4.79 Å². The van der Waals surface area contributed by atoms with Crippen molar-refractivity contribution < 1.29 is 9.21 Å². The minimum absolute atomic E-state index is 0.396. The third-order valence-corrected chi connectivity index (χ3v) is 6.49. The summed E-state index contributed by atoms with van der Waals surface area (Å²) in [5, 5.41) is 5.46. The minimum Gasteiger partial charge on any atom is -0.440 e. The van der Waals surface area contributed by atoms with Gasteiger partial charge in [-0.05, 0) is 42.0 Å². The van der Waals surface area contributed by atoms with E-state index in [0.717, 1.165) is 39.7 Å². The van der Waals surface area contributed by atoms with E-state index in [0.29, 0.717) is 33.6 Å². The molecular formula is C29H23Cl2N3O2. The molecule has 0 unspecified atom stereocenters. The first-order chi connectivity index (χ1) is 17.3. The molecule has 2 aromatic carbocycles. The van der Waals surface area contributed by atoms with Gasteiger partial charge in [-0.25, -0.2) is 4.98 Å². The zero-order valence-corrected chi connectivity index (χ0v) is 21.3. The average Bonchev–Trinajstić information content (AvgIpc) is 3.19. The highest BCUT2D eigenvalue weighted by molar-refractivity contribution is 6.33. The summed E-state index contributed by atoms with van der Waals surface area (Å²) in [6.07, 6.45) is 4.78. The van der Waals surface area contributed by atoms with Gasteiger partial charge in [0.05, 0.1) is 28.7 Å². The lowest BCUT2D eigenvalue weighted by molar-refractivity contribution is -0.114. The second-order valence-corrected chi connectivity index (χ2v) is 10.1. The van der Waals surface area contributed by atoms with Crippen LogP contribution >= 0.6 is 23.2 Å². The number of benzene rings is 2. The van der Waals surface area contributed by atoms with E-state index < -0.39 is 5.41 Å². The van der Waals surface area contributed by atoms with Gasteiger partial charge < -0.3 is 14.5 Å². The Bertz CT molecular complexity index is 1540. The number of hydrogen-bond acceptors (Lipinski definition) is 5. The second-order valence-electron chi connectivity index (χ2n) is 9.27. The number of nitrogens with zero attached hydrogens (tertiary/aromatic N) is 2. The Morgan fingerprint density at radius 3 is 2.47 bits per heavy atom. The monoisotopic (exact) mass is 515 g/mol.